The molecule has 2 atom stereocenters. The van der Waals surface area contributed by atoms with Crippen LogP contribution < -0.4 is 5.32 Å². The van der Waals surface area contributed by atoms with Gasteiger partial charge >= 0.3 is 0 Å². The lowest BCUT2D eigenvalue weighted by Crippen LogP contribution is -2.52. The van der Waals surface area contributed by atoms with Crippen molar-refractivity contribution in [2.45, 2.75) is 89.3 Å². The summed E-state index contributed by atoms with van der Waals surface area (Å²) in [5.41, 5.74) is 0. The quantitative estimate of drug-likeness (QED) is 0.789. The molecule has 3 rings (SSSR count). The van der Waals surface area contributed by atoms with Crippen LogP contribution in [0.4, 0.5) is 0 Å². The second-order valence-corrected chi connectivity index (χ2v) is 7.27. The first-order chi connectivity index (χ1) is 9.35. The van der Waals surface area contributed by atoms with E-state index in [0.29, 0.717) is 0 Å². The Balaban J connectivity index is 1.55. The number of unbranched alkanes of at least 4 members (excludes halogenated alkanes) is 1. The van der Waals surface area contributed by atoms with E-state index in [1.165, 1.54) is 77.3 Å². The molecule has 0 aromatic carbocycles. The maximum Gasteiger partial charge on any atom is 0.0200 e. The lowest BCUT2D eigenvalue weighted by Gasteiger charge is -2.41. The molecule has 0 aromatic rings. The minimum atomic E-state index is 0.795. The molecule has 0 amide bonds. The zero-order valence-electron chi connectivity index (χ0n) is 12.7. The van der Waals surface area contributed by atoms with Gasteiger partial charge in [-0.1, -0.05) is 32.6 Å². The van der Waals surface area contributed by atoms with Crippen LogP contribution in [0.3, 0.4) is 0 Å². The monoisotopic (exact) mass is 264 g/mol. The molecule has 3 fully saturated rings. The van der Waals surface area contributed by atoms with Crippen molar-refractivity contribution in [3.8, 4) is 0 Å². The Hall–Kier alpha value is -0.0800. The van der Waals surface area contributed by atoms with Crippen molar-refractivity contribution in [3.05, 3.63) is 0 Å². The second kappa shape index (κ2) is 6.58. The number of rotatable bonds is 6. The molecule has 2 unspecified atom stereocenters. The van der Waals surface area contributed by atoms with Crippen molar-refractivity contribution < 1.29 is 0 Å². The smallest absolute Gasteiger partial charge is 0.0200 e. The summed E-state index contributed by atoms with van der Waals surface area (Å²) in [6.07, 6.45) is 14.4. The highest BCUT2D eigenvalue weighted by Crippen LogP contribution is 2.31. The molecule has 1 heterocycles. The predicted molar refractivity (Wildman–Crippen MR) is 81.4 cm³/mol. The summed E-state index contributed by atoms with van der Waals surface area (Å²) < 4.78 is 0. The number of nitrogens with zero attached hydrogens (tertiary/aromatic N) is 1. The van der Waals surface area contributed by atoms with Gasteiger partial charge in [-0.05, 0) is 44.4 Å². The van der Waals surface area contributed by atoms with E-state index in [1.54, 1.807) is 0 Å². The third-order valence-electron chi connectivity index (χ3n) is 5.42. The summed E-state index contributed by atoms with van der Waals surface area (Å²) in [5, 5.41) is 3.91. The molecule has 0 bridgehead atoms. The van der Waals surface area contributed by atoms with Crippen LogP contribution in [0, 0.1) is 5.92 Å². The van der Waals surface area contributed by atoms with Crippen LogP contribution in [-0.4, -0.2) is 36.1 Å². The molecule has 0 aromatic heterocycles. The van der Waals surface area contributed by atoms with Gasteiger partial charge in [-0.25, -0.2) is 0 Å². The lowest BCUT2D eigenvalue weighted by molar-refractivity contribution is 0.0938. The molecule has 1 aliphatic heterocycles. The van der Waals surface area contributed by atoms with Crippen LogP contribution in [-0.2, 0) is 0 Å². The second-order valence-electron chi connectivity index (χ2n) is 7.27. The summed E-state index contributed by atoms with van der Waals surface area (Å²) in [7, 11) is 0. The number of hydrogen-bond donors (Lipinski definition) is 1. The van der Waals surface area contributed by atoms with E-state index in [2.05, 4.69) is 17.1 Å². The first-order valence-electron chi connectivity index (χ1n) is 8.85. The molecule has 1 N–H and O–H groups in total. The highest BCUT2D eigenvalue weighted by molar-refractivity contribution is 4.92. The summed E-state index contributed by atoms with van der Waals surface area (Å²) in [5.74, 6) is 0.963. The predicted octanol–water partition coefficient (Wildman–Crippen LogP) is 3.56. The Kier molecular flexibility index (Phi) is 4.81. The summed E-state index contributed by atoms with van der Waals surface area (Å²) >= 11 is 0. The molecule has 0 spiro atoms. The van der Waals surface area contributed by atoms with E-state index < -0.39 is 0 Å². The van der Waals surface area contributed by atoms with Crippen LogP contribution >= 0.6 is 0 Å². The third kappa shape index (κ3) is 3.95. The topological polar surface area (TPSA) is 15.3 Å². The van der Waals surface area contributed by atoms with Gasteiger partial charge < -0.3 is 5.32 Å². The van der Waals surface area contributed by atoms with Crippen LogP contribution in [0.2, 0.25) is 0 Å². The maximum atomic E-state index is 3.91. The Morgan fingerprint density at radius 2 is 1.79 bits per heavy atom. The molecule has 0 radical (unpaired) electrons. The molecule has 1 saturated heterocycles. The van der Waals surface area contributed by atoms with Gasteiger partial charge in [0.15, 0.2) is 0 Å². The summed E-state index contributed by atoms with van der Waals surface area (Å²) in [4.78, 5) is 2.86. The van der Waals surface area contributed by atoms with E-state index in [0.717, 1.165) is 24.0 Å². The van der Waals surface area contributed by atoms with E-state index in [9.17, 15) is 0 Å². The van der Waals surface area contributed by atoms with E-state index in [-0.39, 0.29) is 0 Å². The fourth-order valence-electron chi connectivity index (χ4n) is 4.21. The first kappa shape index (κ1) is 13.9. The van der Waals surface area contributed by atoms with Gasteiger partial charge in [0.2, 0.25) is 0 Å². The van der Waals surface area contributed by atoms with Crippen LogP contribution in [0.15, 0.2) is 0 Å². The maximum absolute atomic E-state index is 3.91. The Bertz CT molecular complexity index is 268. The molecule has 3 aliphatic rings. The van der Waals surface area contributed by atoms with Gasteiger partial charge in [0.1, 0.15) is 0 Å². The Labute approximate surface area is 119 Å². The largest absolute Gasteiger partial charge is 0.310 e. The van der Waals surface area contributed by atoms with Gasteiger partial charge in [-0.2, -0.15) is 0 Å². The summed E-state index contributed by atoms with van der Waals surface area (Å²) in [6.45, 7) is 5.06. The van der Waals surface area contributed by atoms with Crippen molar-refractivity contribution in [1.82, 2.24) is 10.2 Å². The average molecular weight is 264 g/mol. The first-order valence-corrected chi connectivity index (χ1v) is 8.85. The van der Waals surface area contributed by atoms with E-state index >= 15 is 0 Å². The molecule has 2 saturated carbocycles. The standard InChI is InChI=1S/C17H32N2/c1-2-3-6-14-11-16(18-15-9-10-15)13-19(12-14)17-7-4-5-8-17/h14-18H,2-13H2,1H3. The fraction of sp³-hybridized carbons (Fsp3) is 1.00. The molecular weight excluding hydrogens is 232 g/mol. The van der Waals surface area contributed by atoms with Gasteiger partial charge in [0, 0.05) is 31.2 Å². The van der Waals surface area contributed by atoms with Crippen LogP contribution in [0.5, 0.6) is 0 Å². The Morgan fingerprint density at radius 1 is 1.00 bits per heavy atom. The number of piperidine rings is 1. The van der Waals surface area contributed by atoms with Gasteiger partial charge in [-0.15, -0.1) is 0 Å². The van der Waals surface area contributed by atoms with Crippen molar-refractivity contribution in [3.63, 3.8) is 0 Å². The van der Waals surface area contributed by atoms with Crippen LogP contribution in [0.25, 0.3) is 0 Å². The van der Waals surface area contributed by atoms with Crippen molar-refractivity contribution in [2.24, 2.45) is 5.92 Å². The lowest BCUT2D eigenvalue weighted by atomic mass is 9.88. The zero-order valence-corrected chi connectivity index (χ0v) is 12.7. The highest BCUT2D eigenvalue weighted by atomic mass is 15.2. The minimum Gasteiger partial charge on any atom is -0.310 e. The third-order valence-corrected chi connectivity index (χ3v) is 5.42. The molecular formula is C17H32N2. The molecule has 19 heavy (non-hydrogen) atoms. The van der Waals surface area contributed by atoms with Crippen molar-refractivity contribution >= 4 is 0 Å². The average Bonchev–Trinajstić information content (AvgIpc) is 3.07. The molecule has 2 aliphatic carbocycles. The summed E-state index contributed by atoms with van der Waals surface area (Å²) in [6, 6.07) is 2.59. The minimum absolute atomic E-state index is 0.795. The molecule has 110 valence electrons. The highest BCUT2D eigenvalue weighted by Gasteiger charge is 2.34. The molecule has 2 nitrogen and oxygen atoms in total. The fourth-order valence-corrected chi connectivity index (χ4v) is 4.21. The normalized spacial score (nSPS) is 33.9. The number of likely N-dealkylation sites (tertiary alicyclic amines) is 1. The molecule has 2 heteroatoms. The number of nitrogens with one attached hydrogen (secondary N) is 1. The van der Waals surface area contributed by atoms with Gasteiger partial charge in [-0.3, -0.25) is 4.90 Å². The Morgan fingerprint density at radius 3 is 2.47 bits per heavy atom. The van der Waals surface area contributed by atoms with Crippen molar-refractivity contribution in [2.75, 3.05) is 13.1 Å². The van der Waals surface area contributed by atoms with Crippen molar-refractivity contribution in [1.29, 1.82) is 0 Å². The van der Waals surface area contributed by atoms with E-state index in [1.807, 2.05) is 0 Å². The van der Waals surface area contributed by atoms with Gasteiger partial charge in [0.05, 0.1) is 0 Å². The van der Waals surface area contributed by atoms with Gasteiger partial charge in [0.25, 0.3) is 0 Å². The number of hydrogen-bond acceptors (Lipinski definition) is 2. The van der Waals surface area contributed by atoms with E-state index in [4.69, 9.17) is 0 Å². The van der Waals surface area contributed by atoms with Crippen LogP contribution in [0.1, 0.15) is 71.1 Å². The zero-order chi connectivity index (χ0) is 13.1. The SMILES string of the molecule is CCCCC1CC(NC2CC2)CN(C2CCCC2)C1.